The molecule has 0 saturated heterocycles. The fourth-order valence-corrected chi connectivity index (χ4v) is 1.85. The third kappa shape index (κ3) is 5.73. The molecule has 0 aliphatic rings. The summed E-state index contributed by atoms with van der Waals surface area (Å²) >= 11 is 0. The number of carbonyl (C=O) groups is 2. The molecule has 7 heteroatoms. The van der Waals surface area contributed by atoms with E-state index in [1.807, 2.05) is 14.0 Å². The predicted molar refractivity (Wildman–Crippen MR) is 75.7 cm³/mol. The lowest BCUT2D eigenvalue weighted by Gasteiger charge is -2.06. The van der Waals surface area contributed by atoms with Crippen molar-refractivity contribution in [3.8, 4) is 0 Å². The Labute approximate surface area is 118 Å². The van der Waals surface area contributed by atoms with Crippen LogP contribution in [0.2, 0.25) is 0 Å². The fourth-order valence-electron chi connectivity index (χ4n) is 1.85. The zero-order valence-electron chi connectivity index (χ0n) is 12.0. The van der Waals surface area contributed by atoms with Crippen LogP contribution in [0.3, 0.4) is 0 Å². The second kappa shape index (κ2) is 8.19. The third-order valence-electron chi connectivity index (χ3n) is 2.84. The number of unbranched alkanes of at least 4 members (excludes halogenated alkanes) is 2. The number of carbonyl (C=O) groups excluding carboxylic acids is 1. The van der Waals surface area contributed by atoms with Crippen molar-refractivity contribution in [2.75, 3.05) is 11.9 Å². The number of carboxylic acids is 1. The number of carboxylic acid groups (broad SMARTS) is 1. The quantitative estimate of drug-likeness (QED) is 0.633. The molecule has 0 atom stereocenters. The van der Waals surface area contributed by atoms with E-state index < -0.39 is 5.97 Å². The first-order chi connectivity index (χ1) is 9.52. The number of aromatic nitrogens is 2. The van der Waals surface area contributed by atoms with Crippen molar-refractivity contribution in [2.45, 2.75) is 39.0 Å². The van der Waals surface area contributed by atoms with E-state index in [1.54, 1.807) is 10.9 Å². The summed E-state index contributed by atoms with van der Waals surface area (Å²) in [5.74, 6) is -0.778. The molecule has 3 N–H and O–H groups in total. The van der Waals surface area contributed by atoms with Crippen LogP contribution in [0.5, 0.6) is 0 Å². The number of nitrogens with zero attached hydrogens (tertiary/aromatic N) is 2. The molecule has 0 aromatic carbocycles. The zero-order valence-corrected chi connectivity index (χ0v) is 12.0. The number of aliphatic carboxylic acids is 1. The van der Waals surface area contributed by atoms with Crippen molar-refractivity contribution >= 4 is 17.7 Å². The Morgan fingerprint density at radius 3 is 2.75 bits per heavy atom. The Bertz CT molecular complexity index is 456. The zero-order chi connectivity index (χ0) is 15.0. The molecule has 0 aliphatic heterocycles. The fraction of sp³-hybridized carbons (Fsp3) is 0.615. The summed E-state index contributed by atoms with van der Waals surface area (Å²) < 4.78 is 1.67. The SMILES string of the molecule is CCc1nn(C)cc1NC(=O)NCCCCCC(=O)O. The lowest BCUT2D eigenvalue weighted by atomic mass is 10.2. The van der Waals surface area contributed by atoms with Gasteiger partial charge in [0.1, 0.15) is 0 Å². The number of nitrogens with one attached hydrogen (secondary N) is 2. The first-order valence-corrected chi connectivity index (χ1v) is 6.82. The number of amides is 2. The normalized spacial score (nSPS) is 10.3. The van der Waals surface area contributed by atoms with Crippen molar-refractivity contribution in [3.63, 3.8) is 0 Å². The van der Waals surface area contributed by atoms with E-state index in [-0.39, 0.29) is 12.5 Å². The standard InChI is InChI=1S/C13H22N4O3/c1-3-10-11(9-17(2)16-10)15-13(20)14-8-6-4-5-7-12(18)19/h9H,3-8H2,1-2H3,(H,18,19)(H2,14,15,20). The van der Waals surface area contributed by atoms with Crippen LogP contribution in [-0.2, 0) is 18.3 Å². The third-order valence-corrected chi connectivity index (χ3v) is 2.84. The highest BCUT2D eigenvalue weighted by Crippen LogP contribution is 2.13. The first kappa shape index (κ1) is 16.0. The summed E-state index contributed by atoms with van der Waals surface area (Å²) in [6.07, 6.45) is 4.91. The molecule has 0 fully saturated rings. The minimum atomic E-state index is -0.778. The van der Waals surface area contributed by atoms with Crippen LogP contribution in [-0.4, -0.2) is 33.4 Å². The Morgan fingerprint density at radius 2 is 2.10 bits per heavy atom. The van der Waals surface area contributed by atoms with Crippen LogP contribution in [0.1, 0.15) is 38.3 Å². The van der Waals surface area contributed by atoms with Gasteiger partial charge in [-0.2, -0.15) is 5.10 Å². The van der Waals surface area contributed by atoms with Gasteiger partial charge >= 0.3 is 12.0 Å². The molecule has 112 valence electrons. The molecule has 1 heterocycles. The molecule has 2 amide bonds. The number of urea groups is 1. The minimum absolute atomic E-state index is 0.182. The smallest absolute Gasteiger partial charge is 0.319 e. The van der Waals surface area contributed by atoms with E-state index in [1.165, 1.54) is 0 Å². The van der Waals surface area contributed by atoms with Crippen LogP contribution < -0.4 is 10.6 Å². The van der Waals surface area contributed by atoms with Crippen LogP contribution in [0.4, 0.5) is 10.5 Å². The van der Waals surface area contributed by atoms with Crippen LogP contribution >= 0.6 is 0 Å². The maximum atomic E-state index is 11.7. The monoisotopic (exact) mass is 282 g/mol. The van der Waals surface area contributed by atoms with Gasteiger partial charge in [-0.3, -0.25) is 9.48 Å². The minimum Gasteiger partial charge on any atom is -0.481 e. The average Bonchev–Trinajstić information content (AvgIpc) is 2.73. The topological polar surface area (TPSA) is 96.3 Å². The summed E-state index contributed by atoms with van der Waals surface area (Å²) in [5.41, 5.74) is 1.57. The summed E-state index contributed by atoms with van der Waals surface area (Å²) in [5, 5.41) is 18.2. The van der Waals surface area contributed by atoms with Crippen LogP contribution in [0.15, 0.2) is 6.20 Å². The number of anilines is 1. The van der Waals surface area contributed by atoms with Gasteiger partial charge in [0.05, 0.1) is 11.4 Å². The molecular formula is C13H22N4O3. The molecule has 7 nitrogen and oxygen atoms in total. The van der Waals surface area contributed by atoms with E-state index in [0.717, 1.165) is 30.6 Å². The van der Waals surface area contributed by atoms with Gasteiger partial charge in [0, 0.05) is 26.2 Å². The number of aryl methyl sites for hydroxylation is 2. The maximum absolute atomic E-state index is 11.7. The van der Waals surface area contributed by atoms with E-state index in [0.29, 0.717) is 13.0 Å². The Balaban J connectivity index is 2.21. The van der Waals surface area contributed by atoms with Crippen LogP contribution in [0, 0.1) is 0 Å². The Hall–Kier alpha value is -2.05. The van der Waals surface area contributed by atoms with Gasteiger partial charge in [-0.25, -0.2) is 4.79 Å². The van der Waals surface area contributed by atoms with Crippen LogP contribution in [0.25, 0.3) is 0 Å². The summed E-state index contributed by atoms with van der Waals surface area (Å²) in [4.78, 5) is 22.0. The molecular weight excluding hydrogens is 260 g/mol. The number of hydrogen-bond acceptors (Lipinski definition) is 3. The van der Waals surface area contributed by atoms with Gasteiger partial charge in [0.15, 0.2) is 0 Å². The van der Waals surface area contributed by atoms with Gasteiger partial charge < -0.3 is 15.7 Å². The molecule has 0 saturated carbocycles. The second-order valence-electron chi connectivity index (χ2n) is 4.60. The molecule has 0 bridgehead atoms. The van der Waals surface area contributed by atoms with E-state index in [2.05, 4.69) is 15.7 Å². The van der Waals surface area contributed by atoms with E-state index in [9.17, 15) is 9.59 Å². The number of rotatable bonds is 8. The summed E-state index contributed by atoms with van der Waals surface area (Å²) in [6, 6.07) is -0.258. The molecule has 1 aromatic rings. The molecule has 0 aliphatic carbocycles. The second-order valence-corrected chi connectivity index (χ2v) is 4.60. The predicted octanol–water partition coefficient (Wildman–Crippen LogP) is 1.75. The molecule has 20 heavy (non-hydrogen) atoms. The first-order valence-electron chi connectivity index (χ1n) is 6.82. The van der Waals surface area contributed by atoms with Gasteiger partial charge in [-0.1, -0.05) is 13.3 Å². The molecule has 1 aromatic heterocycles. The average molecular weight is 282 g/mol. The van der Waals surface area contributed by atoms with Crippen molar-refractivity contribution in [3.05, 3.63) is 11.9 Å². The van der Waals surface area contributed by atoms with Gasteiger partial charge in [0.25, 0.3) is 0 Å². The maximum Gasteiger partial charge on any atom is 0.319 e. The van der Waals surface area contributed by atoms with E-state index >= 15 is 0 Å². The largest absolute Gasteiger partial charge is 0.481 e. The molecule has 1 rings (SSSR count). The highest BCUT2D eigenvalue weighted by atomic mass is 16.4. The van der Waals surface area contributed by atoms with Crippen molar-refractivity contribution in [2.24, 2.45) is 7.05 Å². The lowest BCUT2D eigenvalue weighted by Crippen LogP contribution is -2.29. The van der Waals surface area contributed by atoms with Crippen molar-refractivity contribution < 1.29 is 14.7 Å². The van der Waals surface area contributed by atoms with Gasteiger partial charge in [-0.15, -0.1) is 0 Å². The summed E-state index contributed by atoms with van der Waals surface area (Å²) in [7, 11) is 1.81. The van der Waals surface area contributed by atoms with Gasteiger partial charge in [0.2, 0.25) is 0 Å². The van der Waals surface area contributed by atoms with Crippen molar-refractivity contribution in [1.82, 2.24) is 15.1 Å². The Kier molecular flexibility index (Phi) is 6.55. The Morgan fingerprint density at radius 1 is 1.35 bits per heavy atom. The van der Waals surface area contributed by atoms with Crippen molar-refractivity contribution in [1.29, 1.82) is 0 Å². The number of hydrogen-bond donors (Lipinski definition) is 3. The lowest BCUT2D eigenvalue weighted by molar-refractivity contribution is -0.137. The summed E-state index contributed by atoms with van der Waals surface area (Å²) in [6.45, 7) is 2.51. The highest BCUT2D eigenvalue weighted by Gasteiger charge is 2.08. The molecule has 0 radical (unpaired) electrons. The van der Waals surface area contributed by atoms with Gasteiger partial charge in [-0.05, 0) is 19.3 Å². The van der Waals surface area contributed by atoms with E-state index in [4.69, 9.17) is 5.11 Å². The highest BCUT2D eigenvalue weighted by molar-refractivity contribution is 5.89. The molecule has 0 unspecified atom stereocenters. The molecule has 0 spiro atoms.